The van der Waals surface area contributed by atoms with Crippen LogP contribution < -0.4 is 26.8 Å². The highest BCUT2D eigenvalue weighted by atomic mass is 16.4. The Morgan fingerprint density at radius 3 is 2.32 bits per heavy atom. The minimum absolute atomic E-state index is 0.00762. The molecule has 0 spiro atoms. The van der Waals surface area contributed by atoms with Gasteiger partial charge in [-0.1, -0.05) is 36.4 Å². The number of pyridine rings is 2. The topological polar surface area (TPSA) is 133 Å². The van der Waals surface area contributed by atoms with Crippen molar-refractivity contribution in [3.05, 3.63) is 117 Å². The van der Waals surface area contributed by atoms with Crippen molar-refractivity contribution < 1.29 is 9.90 Å². The first kappa shape index (κ1) is 23.7. The lowest BCUT2D eigenvalue weighted by Gasteiger charge is -2.20. The summed E-state index contributed by atoms with van der Waals surface area (Å²) in [5.74, 6) is -0.405. The van der Waals surface area contributed by atoms with Gasteiger partial charge in [-0.25, -0.2) is 9.78 Å². The SMILES string of the molecule is O=C(O)C(Cc1ccc(Nc2nccc3ccccc23)cc1)Nc1c(NCc2ccncc2)c(=O)c1=O. The van der Waals surface area contributed by atoms with E-state index in [-0.39, 0.29) is 17.8 Å². The second-order valence-corrected chi connectivity index (χ2v) is 8.56. The van der Waals surface area contributed by atoms with Crippen LogP contribution in [0, 0.1) is 0 Å². The van der Waals surface area contributed by atoms with E-state index in [1.807, 2.05) is 54.6 Å². The van der Waals surface area contributed by atoms with Gasteiger partial charge in [0, 0.05) is 42.6 Å². The number of fused-ring (bicyclic) bond motifs is 1. The molecule has 0 aliphatic carbocycles. The molecule has 9 nitrogen and oxygen atoms in total. The van der Waals surface area contributed by atoms with Crippen molar-refractivity contribution in [3.63, 3.8) is 0 Å². The summed E-state index contributed by atoms with van der Waals surface area (Å²) in [6.45, 7) is 0.305. The van der Waals surface area contributed by atoms with Crippen LogP contribution in [0.15, 0.2) is 94.9 Å². The van der Waals surface area contributed by atoms with Gasteiger partial charge in [-0.05, 0) is 46.8 Å². The second kappa shape index (κ2) is 10.3. The fourth-order valence-corrected chi connectivity index (χ4v) is 4.08. The third kappa shape index (κ3) is 5.15. The summed E-state index contributed by atoms with van der Waals surface area (Å²) in [4.78, 5) is 44.6. The number of rotatable bonds is 10. The zero-order valence-electron chi connectivity index (χ0n) is 19.6. The van der Waals surface area contributed by atoms with Crippen molar-refractivity contribution in [2.45, 2.75) is 19.0 Å². The summed E-state index contributed by atoms with van der Waals surface area (Å²) in [5.41, 5.74) is 1.11. The molecule has 2 heterocycles. The minimum Gasteiger partial charge on any atom is -0.480 e. The van der Waals surface area contributed by atoms with Crippen LogP contribution in [0.5, 0.6) is 0 Å². The first-order valence-corrected chi connectivity index (χ1v) is 11.6. The lowest BCUT2D eigenvalue weighted by atomic mass is 10.0. The molecule has 184 valence electrons. The van der Waals surface area contributed by atoms with E-state index >= 15 is 0 Å². The van der Waals surface area contributed by atoms with Gasteiger partial charge in [0.1, 0.15) is 23.2 Å². The number of hydrogen-bond donors (Lipinski definition) is 4. The van der Waals surface area contributed by atoms with Gasteiger partial charge >= 0.3 is 5.97 Å². The van der Waals surface area contributed by atoms with Crippen molar-refractivity contribution in [3.8, 4) is 0 Å². The average molecular weight is 494 g/mol. The molecule has 1 unspecified atom stereocenters. The van der Waals surface area contributed by atoms with Gasteiger partial charge in [-0.2, -0.15) is 0 Å². The van der Waals surface area contributed by atoms with Gasteiger partial charge in [0.2, 0.25) is 0 Å². The van der Waals surface area contributed by atoms with Crippen LogP contribution in [0.2, 0.25) is 0 Å². The predicted octanol–water partition coefficient (Wildman–Crippen LogP) is 3.69. The van der Waals surface area contributed by atoms with Crippen molar-refractivity contribution in [2.75, 3.05) is 16.0 Å². The molecular formula is C28H23N5O4. The molecule has 5 aromatic rings. The number of nitrogens with one attached hydrogen (secondary N) is 3. The Bertz CT molecular complexity index is 1620. The Kier molecular flexibility index (Phi) is 6.58. The van der Waals surface area contributed by atoms with Crippen molar-refractivity contribution in [1.29, 1.82) is 0 Å². The van der Waals surface area contributed by atoms with Gasteiger partial charge in [0.15, 0.2) is 0 Å². The van der Waals surface area contributed by atoms with Gasteiger partial charge in [0.25, 0.3) is 10.9 Å². The lowest BCUT2D eigenvalue weighted by Crippen LogP contribution is -2.42. The average Bonchev–Trinajstić information content (AvgIpc) is 2.93. The van der Waals surface area contributed by atoms with Crippen molar-refractivity contribution in [2.24, 2.45) is 0 Å². The van der Waals surface area contributed by atoms with Gasteiger partial charge in [-0.3, -0.25) is 14.6 Å². The maximum Gasteiger partial charge on any atom is 0.326 e. The highest BCUT2D eigenvalue weighted by Crippen LogP contribution is 2.25. The molecule has 0 aliphatic rings. The maximum atomic E-state index is 12.2. The van der Waals surface area contributed by atoms with Gasteiger partial charge in [-0.15, -0.1) is 0 Å². The van der Waals surface area contributed by atoms with E-state index in [0.717, 1.165) is 33.4 Å². The highest BCUT2D eigenvalue weighted by Gasteiger charge is 2.26. The number of carbonyl (C=O) groups is 1. The molecule has 3 aromatic carbocycles. The summed E-state index contributed by atoms with van der Waals surface area (Å²) in [5, 5.41) is 20.8. The molecule has 0 amide bonds. The molecule has 0 radical (unpaired) electrons. The zero-order valence-corrected chi connectivity index (χ0v) is 19.6. The second-order valence-electron chi connectivity index (χ2n) is 8.56. The Labute approximate surface area is 211 Å². The third-order valence-electron chi connectivity index (χ3n) is 6.08. The normalized spacial score (nSPS) is 11.8. The maximum absolute atomic E-state index is 12.2. The highest BCUT2D eigenvalue weighted by molar-refractivity contribution is 5.93. The predicted molar refractivity (Wildman–Crippen MR) is 143 cm³/mol. The van der Waals surface area contributed by atoms with Crippen LogP contribution in [0.25, 0.3) is 10.8 Å². The van der Waals surface area contributed by atoms with E-state index < -0.39 is 22.9 Å². The molecule has 9 heteroatoms. The molecule has 1 atom stereocenters. The smallest absolute Gasteiger partial charge is 0.326 e. The molecule has 2 aromatic heterocycles. The molecule has 0 fully saturated rings. The molecule has 37 heavy (non-hydrogen) atoms. The summed E-state index contributed by atoms with van der Waals surface area (Å²) in [6, 6.07) is 19.6. The van der Waals surface area contributed by atoms with E-state index in [9.17, 15) is 19.5 Å². The van der Waals surface area contributed by atoms with E-state index in [0.29, 0.717) is 6.54 Å². The molecule has 5 rings (SSSR count). The van der Waals surface area contributed by atoms with Gasteiger partial charge in [0.05, 0.1) is 0 Å². The first-order valence-electron chi connectivity index (χ1n) is 11.6. The fraction of sp³-hybridized carbons (Fsp3) is 0.107. The van der Waals surface area contributed by atoms with E-state index in [1.54, 1.807) is 30.7 Å². The van der Waals surface area contributed by atoms with E-state index in [4.69, 9.17) is 0 Å². The lowest BCUT2D eigenvalue weighted by molar-refractivity contribution is -0.137. The van der Waals surface area contributed by atoms with Gasteiger partial charge < -0.3 is 21.1 Å². The quantitative estimate of drug-likeness (QED) is 0.215. The molecule has 0 saturated carbocycles. The molecular weight excluding hydrogens is 470 g/mol. The van der Waals surface area contributed by atoms with Crippen LogP contribution in [0.4, 0.5) is 22.9 Å². The molecule has 0 saturated heterocycles. The third-order valence-corrected chi connectivity index (χ3v) is 6.08. The molecule has 0 aliphatic heterocycles. The monoisotopic (exact) mass is 493 g/mol. The molecule has 4 N–H and O–H groups in total. The molecule has 0 bridgehead atoms. The van der Waals surface area contributed by atoms with E-state index in [1.165, 1.54) is 0 Å². The zero-order chi connectivity index (χ0) is 25.8. The van der Waals surface area contributed by atoms with Crippen molar-refractivity contribution in [1.82, 2.24) is 9.97 Å². The van der Waals surface area contributed by atoms with Crippen LogP contribution >= 0.6 is 0 Å². The summed E-state index contributed by atoms with van der Waals surface area (Å²) in [7, 11) is 0. The van der Waals surface area contributed by atoms with Crippen molar-refractivity contribution >= 4 is 39.6 Å². The number of carboxylic acids is 1. The van der Waals surface area contributed by atoms with Crippen LogP contribution in [0.3, 0.4) is 0 Å². The number of anilines is 4. The number of nitrogens with zero attached hydrogens (tertiary/aromatic N) is 2. The number of aliphatic carboxylic acids is 1. The van der Waals surface area contributed by atoms with E-state index in [2.05, 4.69) is 25.9 Å². The Balaban J connectivity index is 1.27. The Morgan fingerprint density at radius 1 is 0.838 bits per heavy atom. The number of benzene rings is 2. The van der Waals surface area contributed by atoms with Crippen LogP contribution in [-0.2, 0) is 17.8 Å². The van der Waals surface area contributed by atoms with Crippen LogP contribution in [-0.4, -0.2) is 27.1 Å². The number of carboxylic acid groups (broad SMARTS) is 1. The largest absolute Gasteiger partial charge is 0.480 e. The number of aromatic nitrogens is 2. The minimum atomic E-state index is -1.13. The first-order chi connectivity index (χ1) is 18.0. The van der Waals surface area contributed by atoms with Crippen LogP contribution in [0.1, 0.15) is 11.1 Å². The summed E-state index contributed by atoms with van der Waals surface area (Å²) < 4.78 is 0. The summed E-state index contributed by atoms with van der Waals surface area (Å²) >= 11 is 0. The number of hydrogen-bond acceptors (Lipinski definition) is 8. The standard InChI is InChI=1S/C28H23N5O4/c34-25-23(31-16-18-9-12-29-13-10-18)24(26(25)35)33-22(28(36)37)15-17-5-7-20(8-6-17)32-27-21-4-2-1-3-19(21)11-14-30-27/h1-14,22,31,33H,15-16H2,(H,30,32)(H,36,37). The summed E-state index contributed by atoms with van der Waals surface area (Å²) in [6.07, 6.45) is 5.10. The Morgan fingerprint density at radius 2 is 1.57 bits per heavy atom. The fourth-order valence-electron chi connectivity index (χ4n) is 4.08. The Hall–Kier alpha value is -5.05.